The summed E-state index contributed by atoms with van der Waals surface area (Å²) in [5.74, 6) is 0. The molecule has 0 aliphatic rings. The van der Waals surface area contributed by atoms with Gasteiger partial charge in [0.2, 0.25) is 0 Å². The van der Waals surface area contributed by atoms with Crippen molar-refractivity contribution in [1.29, 1.82) is 0 Å². The van der Waals surface area contributed by atoms with Gasteiger partial charge in [-0.2, -0.15) is 0 Å². The van der Waals surface area contributed by atoms with Crippen LogP contribution in [0.3, 0.4) is 0 Å². The standard InChI is InChI=1S/C10H16.2CH4/c1-5-10(6-2)8-7-9(3)4;;/h5,7-8H,1,6H2,2-4H3;2*1H4/b10-8+;;. The zero-order chi connectivity index (χ0) is 7.98. The van der Waals surface area contributed by atoms with Crippen LogP contribution in [-0.2, 0) is 0 Å². The Morgan fingerprint density at radius 1 is 1.17 bits per heavy atom. The molecule has 0 amide bonds. The van der Waals surface area contributed by atoms with E-state index in [1.165, 1.54) is 11.1 Å². The SMILES string of the molecule is C.C.C=C/C(=C\C=C(C)C)CC. The number of hydrogen-bond donors (Lipinski definition) is 0. The Kier molecular flexibility index (Phi) is 14.8. The van der Waals surface area contributed by atoms with E-state index >= 15 is 0 Å². The highest BCUT2D eigenvalue weighted by Gasteiger charge is 1.81. The second-order valence-corrected chi connectivity index (χ2v) is 2.54. The molecule has 0 saturated heterocycles. The van der Waals surface area contributed by atoms with Crippen LogP contribution in [-0.4, -0.2) is 0 Å². The Balaban J connectivity index is -0.000000405. The van der Waals surface area contributed by atoms with Crippen molar-refractivity contribution in [3.63, 3.8) is 0 Å². The Bertz CT molecular complexity index is 155. The first-order chi connectivity index (χ1) is 4.70. The predicted molar refractivity (Wildman–Crippen MR) is 61.5 cm³/mol. The third-order valence-corrected chi connectivity index (χ3v) is 1.30. The van der Waals surface area contributed by atoms with Crippen molar-refractivity contribution in [3.05, 3.63) is 36.0 Å². The van der Waals surface area contributed by atoms with Crippen LogP contribution in [0.5, 0.6) is 0 Å². The zero-order valence-electron chi connectivity index (χ0n) is 7.15. The fourth-order valence-corrected chi connectivity index (χ4v) is 0.604. The van der Waals surface area contributed by atoms with Crippen molar-refractivity contribution >= 4 is 0 Å². The largest absolute Gasteiger partial charge is 0.0988 e. The lowest BCUT2D eigenvalue weighted by molar-refractivity contribution is 1.15. The average Bonchev–Trinajstić information content (AvgIpc) is 1.90. The van der Waals surface area contributed by atoms with Crippen LogP contribution in [0, 0.1) is 0 Å². The minimum absolute atomic E-state index is 0. The second kappa shape index (κ2) is 10.2. The fourth-order valence-electron chi connectivity index (χ4n) is 0.604. The van der Waals surface area contributed by atoms with E-state index in [4.69, 9.17) is 0 Å². The molecule has 0 rings (SSSR count). The molecule has 0 unspecified atom stereocenters. The second-order valence-electron chi connectivity index (χ2n) is 2.54. The molecule has 0 heteroatoms. The van der Waals surface area contributed by atoms with Gasteiger partial charge in [0, 0.05) is 0 Å². The maximum absolute atomic E-state index is 3.71. The number of hydrogen-bond acceptors (Lipinski definition) is 0. The molecule has 72 valence electrons. The van der Waals surface area contributed by atoms with E-state index in [2.05, 4.69) is 39.5 Å². The summed E-state index contributed by atoms with van der Waals surface area (Å²) in [4.78, 5) is 0. The topological polar surface area (TPSA) is 0 Å². The van der Waals surface area contributed by atoms with E-state index in [0.717, 1.165) is 6.42 Å². The first kappa shape index (κ1) is 17.3. The summed E-state index contributed by atoms with van der Waals surface area (Å²) in [7, 11) is 0. The van der Waals surface area contributed by atoms with Crippen molar-refractivity contribution in [3.8, 4) is 0 Å². The molecule has 0 N–H and O–H groups in total. The molecule has 0 bridgehead atoms. The zero-order valence-corrected chi connectivity index (χ0v) is 7.15. The molecule has 0 spiro atoms. The van der Waals surface area contributed by atoms with Crippen LogP contribution in [0.2, 0.25) is 0 Å². The lowest BCUT2D eigenvalue weighted by atomic mass is 10.2. The summed E-state index contributed by atoms with van der Waals surface area (Å²) < 4.78 is 0. The summed E-state index contributed by atoms with van der Waals surface area (Å²) >= 11 is 0. The van der Waals surface area contributed by atoms with Gasteiger partial charge in [0.25, 0.3) is 0 Å². The predicted octanol–water partition coefficient (Wildman–Crippen LogP) is 4.75. The first-order valence-corrected chi connectivity index (χ1v) is 3.67. The molecule has 0 saturated carbocycles. The molecule has 0 radical (unpaired) electrons. The van der Waals surface area contributed by atoms with Gasteiger partial charge in [0.1, 0.15) is 0 Å². The quantitative estimate of drug-likeness (QED) is 0.534. The van der Waals surface area contributed by atoms with Gasteiger partial charge >= 0.3 is 0 Å². The van der Waals surface area contributed by atoms with Crippen LogP contribution >= 0.6 is 0 Å². The summed E-state index contributed by atoms with van der Waals surface area (Å²) in [6.45, 7) is 10.0. The van der Waals surface area contributed by atoms with Crippen molar-refractivity contribution < 1.29 is 0 Å². The van der Waals surface area contributed by atoms with Gasteiger partial charge in [-0.25, -0.2) is 0 Å². The average molecular weight is 168 g/mol. The van der Waals surface area contributed by atoms with Crippen LogP contribution in [0.4, 0.5) is 0 Å². The third-order valence-electron chi connectivity index (χ3n) is 1.30. The highest BCUT2D eigenvalue weighted by atomic mass is 13.9. The van der Waals surface area contributed by atoms with Gasteiger partial charge in [-0.3, -0.25) is 0 Å². The van der Waals surface area contributed by atoms with E-state index in [9.17, 15) is 0 Å². The Morgan fingerprint density at radius 3 is 1.92 bits per heavy atom. The number of allylic oxidation sites excluding steroid dienone is 5. The minimum Gasteiger partial charge on any atom is -0.0988 e. The van der Waals surface area contributed by atoms with Gasteiger partial charge in [-0.1, -0.05) is 52.2 Å². The van der Waals surface area contributed by atoms with E-state index < -0.39 is 0 Å². The molecule has 0 heterocycles. The Morgan fingerprint density at radius 2 is 1.67 bits per heavy atom. The van der Waals surface area contributed by atoms with Crippen LogP contribution < -0.4 is 0 Å². The van der Waals surface area contributed by atoms with Crippen molar-refractivity contribution in [1.82, 2.24) is 0 Å². The molecule has 0 aliphatic heterocycles. The van der Waals surface area contributed by atoms with Crippen molar-refractivity contribution in [2.75, 3.05) is 0 Å². The summed E-state index contributed by atoms with van der Waals surface area (Å²) in [6.07, 6.45) is 7.19. The first-order valence-electron chi connectivity index (χ1n) is 3.67. The molecule has 0 aromatic rings. The fraction of sp³-hybridized carbons (Fsp3) is 0.500. The van der Waals surface area contributed by atoms with Crippen molar-refractivity contribution in [2.24, 2.45) is 0 Å². The lowest BCUT2D eigenvalue weighted by Crippen LogP contribution is -1.71. The minimum atomic E-state index is 0. The van der Waals surface area contributed by atoms with Crippen LogP contribution in [0.25, 0.3) is 0 Å². The maximum Gasteiger partial charge on any atom is -0.0308 e. The van der Waals surface area contributed by atoms with E-state index in [-0.39, 0.29) is 14.9 Å². The van der Waals surface area contributed by atoms with E-state index in [1.807, 2.05) is 6.08 Å². The van der Waals surface area contributed by atoms with Gasteiger partial charge < -0.3 is 0 Å². The normalized spacial score (nSPS) is 9.08. The molecule has 0 nitrogen and oxygen atoms in total. The highest BCUT2D eigenvalue weighted by Crippen LogP contribution is 2.02. The molecule has 0 aliphatic carbocycles. The van der Waals surface area contributed by atoms with Gasteiger partial charge in [-0.15, -0.1) is 0 Å². The Labute approximate surface area is 78.7 Å². The van der Waals surface area contributed by atoms with E-state index in [0.29, 0.717) is 0 Å². The highest BCUT2D eigenvalue weighted by molar-refractivity contribution is 5.23. The van der Waals surface area contributed by atoms with E-state index in [1.54, 1.807) is 0 Å². The van der Waals surface area contributed by atoms with Crippen molar-refractivity contribution in [2.45, 2.75) is 42.0 Å². The summed E-state index contributed by atoms with van der Waals surface area (Å²) in [6, 6.07) is 0. The Hall–Kier alpha value is -0.780. The molecule has 12 heavy (non-hydrogen) atoms. The van der Waals surface area contributed by atoms with Crippen LogP contribution in [0.1, 0.15) is 42.0 Å². The van der Waals surface area contributed by atoms with Gasteiger partial charge in [-0.05, 0) is 25.8 Å². The third kappa shape index (κ3) is 9.22. The monoisotopic (exact) mass is 168 g/mol. The molecule has 0 aromatic heterocycles. The number of rotatable bonds is 3. The smallest absolute Gasteiger partial charge is 0.0308 e. The lowest BCUT2D eigenvalue weighted by Gasteiger charge is -1.91. The van der Waals surface area contributed by atoms with Gasteiger partial charge in [0.05, 0.1) is 0 Å². The van der Waals surface area contributed by atoms with Gasteiger partial charge in [0.15, 0.2) is 0 Å². The molecule has 0 aromatic carbocycles. The molecule has 0 fully saturated rings. The summed E-state index contributed by atoms with van der Waals surface area (Å²) in [5.41, 5.74) is 2.62. The molecule has 0 atom stereocenters. The summed E-state index contributed by atoms with van der Waals surface area (Å²) in [5, 5.41) is 0. The molecular formula is C12H24. The maximum atomic E-state index is 3.71. The molecular weight excluding hydrogens is 144 g/mol. The van der Waals surface area contributed by atoms with Crippen LogP contribution in [0.15, 0.2) is 36.0 Å².